The number of carbonyl (C=O) groups is 1. The van der Waals surface area contributed by atoms with Crippen molar-refractivity contribution < 1.29 is 13.2 Å². The summed E-state index contributed by atoms with van der Waals surface area (Å²) >= 11 is 0. The Morgan fingerprint density at radius 1 is 0.909 bits per heavy atom. The lowest BCUT2D eigenvalue weighted by Crippen LogP contribution is -2.32. The maximum absolute atomic E-state index is 12.1. The van der Waals surface area contributed by atoms with Gasteiger partial charge in [0.05, 0.1) is 11.4 Å². The first-order chi connectivity index (χ1) is 10.4. The van der Waals surface area contributed by atoms with Gasteiger partial charge < -0.3 is 5.32 Å². The summed E-state index contributed by atoms with van der Waals surface area (Å²) in [7, 11) is -3.68. The van der Waals surface area contributed by atoms with Crippen LogP contribution in [0.25, 0.3) is 0 Å². The molecule has 0 radical (unpaired) electrons. The number of rotatable bonds is 5. The molecule has 0 bridgehead atoms. The number of nitrogens with one attached hydrogen (secondary N) is 2. The second-order valence-corrected chi connectivity index (χ2v) is 6.82. The van der Waals surface area contributed by atoms with Crippen molar-refractivity contribution >= 4 is 21.6 Å². The smallest absolute Gasteiger partial charge is 0.241 e. The Bertz CT molecular complexity index is 751. The molecule has 2 aromatic carbocycles. The van der Waals surface area contributed by atoms with Crippen molar-refractivity contribution in [1.29, 1.82) is 0 Å². The molecule has 0 unspecified atom stereocenters. The minimum absolute atomic E-state index is 0.140. The fraction of sp³-hybridized carbons (Fsp3) is 0.188. The quantitative estimate of drug-likeness (QED) is 0.887. The highest BCUT2D eigenvalue weighted by atomic mass is 32.2. The lowest BCUT2D eigenvalue weighted by molar-refractivity contribution is -0.115. The molecule has 1 amide bonds. The summed E-state index contributed by atoms with van der Waals surface area (Å²) in [5.74, 6) is -0.417. The van der Waals surface area contributed by atoms with Gasteiger partial charge in [-0.05, 0) is 38.1 Å². The van der Waals surface area contributed by atoms with Crippen LogP contribution in [-0.2, 0) is 14.8 Å². The van der Waals surface area contributed by atoms with E-state index in [9.17, 15) is 13.2 Å². The molecule has 0 heterocycles. The van der Waals surface area contributed by atoms with E-state index >= 15 is 0 Å². The van der Waals surface area contributed by atoms with Crippen molar-refractivity contribution in [3.8, 4) is 0 Å². The molecule has 0 aliphatic carbocycles. The maximum Gasteiger partial charge on any atom is 0.241 e. The van der Waals surface area contributed by atoms with Crippen molar-refractivity contribution in [2.75, 3.05) is 11.9 Å². The molecule has 0 saturated carbocycles. The Labute approximate surface area is 130 Å². The summed E-state index contributed by atoms with van der Waals surface area (Å²) in [6, 6.07) is 13.7. The number of benzene rings is 2. The van der Waals surface area contributed by atoms with E-state index in [1.165, 1.54) is 12.1 Å². The molecule has 2 N–H and O–H groups in total. The van der Waals surface area contributed by atoms with Gasteiger partial charge in [-0.3, -0.25) is 4.79 Å². The molecule has 2 rings (SSSR count). The van der Waals surface area contributed by atoms with E-state index < -0.39 is 15.9 Å². The Morgan fingerprint density at radius 3 is 1.95 bits per heavy atom. The van der Waals surface area contributed by atoms with E-state index in [2.05, 4.69) is 10.0 Å². The third-order valence-electron chi connectivity index (χ3n) is 3.09. The van der Waals surface area contributed by atoms with Crippen LogP contribution in [0.4, 0.5) is 5.69 Å². The Hall–Kier alpha value is -2.18. The second kappa shape index (κ2) is 6.72. The molecule has 5 nitrogen and oxygen atoms in total. The van der Waals surface area contributed by atoms with Gasteiger partial charge in [0.25, 0.3) is 0 Å². The highest BCUT2D eigenvalue weighted by molar-refractivity contribution is 7.89. The van der Waals surface area contributed by atoms with Gasteiger partial charge in [-0.1, -0.05) is 35.4 Å². The van der Waals surface area contributed by atoms with Gasteiger partial charge in [-0.25, -0.2) is 13.1 Å². The van der Waals surface area contributed by atoms with Crippen molar-refractivity contribution in [2.45, 2.75) is 18.7 Å². The minimum Gasteiger partial charge on any atom is -0.325 e. The second-order valence-electron chi connectivity index (χ2n) is 5.05. The van der Waals surface area contributed by atoms with E-state index in [-0.39, 0.29) is 11.4 Å². The zero-order valence-electron chi connectivity index (χ0n) is 12.5. The van der Waals surface area contributed by atoms with Crippen molar-refractivity contribution in [1.82, 2.24) is 4.72 Å². The van der Waals surface area contributed by atoms with Crippen LogP contribution in [0.5, 0.6) is 0 Å². The fourth-order valence-electron chi connectivity index (χ4n) is 1.80. The molecule has 2 aromatic rings. The average molecular weight is 318 g/mol. The van der Waals surface area contributed by atoms with Gasteiger partial charge in [0.1, 0.15) is 0 Å². The van der Waals surface area contributed by atoms with E-state index in [0.717, 1.165) is 11.1 Å². The summed E-state index contributed by atoms with van der Waals surface area (Å²) < 4.78 is 26.4. The molecule has 0 fully saturated rings. The summed E-state index contributed by atoms with van der Waals surface area (Å²) in [5.41, 5.74) is 2.68. The van der Waals surface area contributed by atoms with Gasteiger partial charge in [0, 0.05) is 5.69 Å². The van der Waals surface area contributed by atoms with Crippen molar-refractivity contribution in [2.24, 2.45) is 0 Å². The van der Waals surface area contributed by atoms with Crippen LogP contribution < -0.4 is 10.0 Å². The van der Waals surface area contributed by atoms with Crippen LogP contribution in [0.3, 0.4) is 0 Å². The van der Waals surface area contributed by atoms with Crippen LogP contribution in [0, 0.1) is 13.8 Å². The van der Waals surface area contributed by atoms with Crippen LogP contribution in [0.2, 0.25) is 0 Å². The lowest BCUT2D eigenvalue weighted by atomic mass is 10.2. The SMILES string of the molecule is Cc1ccc(NC(=O)CNS(=O)(=O)c2ccc(C)cc2)cc1. The van der Waals surface area contributed by atoms with Gasteiger partial charge in [-0.15, -0.1) is 0 Å². The van der Waals surface area contributed by atoms with Crippen molar-refractivity contribution in [3.63, 3.8) is 0 Å². The highest BCUT2D eigenvalue weighted by Crippen LogP contribution is 2.10. The summed E-state index contributed by atoms with van der Waals surface area (Å²) in [4.78, 5) is 11.9. The number of anilines is 1. The lowest BCUT2D eigenvalue weighted by Gasteiger charge is -2.08. The Balaban J connectivity index is 1.95. The van der Waals surface area contributed by atoms with Crippen LogP contribution in [0.1, 0.15) is 11.1 Å². The predicted octanol–water partition coefficient (Wildman–Crippen LogP) is 2.22. The average Bonchev–Trinajstić information content (AvgIpc) is 2.48. The topological polar surface area (TPSA) is 75.3 Å². The third-order valence-corrected chi connectivity index (χ3v) is 4.51. The first-order valence-electron chi connectivity index (χ1n) is 6.80. The molecule has 0 aliphatic heterocycles. The van der Waals surface area contributed by atoms with Gasteiger partial charge in [0.15, 0.2) is 0 Å². The molecule has 6 heteroatoms. The van der Waals surface area contributed by atoms with E-state index in [0.29, 0.717) is 5.69 Å². The highest BCUT2D eigenvalue weighted by Gasteiger charge is 2.15. The summed E-state index contributed by atoms with van der Waals surface area (Å²) in [6.07, 6.45) is 0. The molecule has 0 saturated heterocycles. The number of carbonyl (C=O) groups excluding carboxylic acids is 1. The van der Waals surface area contributed by atoms with Gasteiger partial charge in [0.2, 0.25) is 15.9 Å². The number of amides is 1. The van der Waals surface area contributed by atoms with E-state index in [4.69, 9.17) is 0 Å². The monoisotopic (exact) mass is 318 g/mol. The molecule has 22 heavy (non-hydrogen) atoms. The third kappa shape index (κ3) is 4.41. The molecule has 0 spiro atoms. The number of hydrogen-bond donors (Lipinski definition) is 2. The molecule has 0 atom stereocenters. The van der Waals surface area contributed by atoms with Gasteiger partial charge in [-0.2, -0.15) is 0 Å². The Morgan fingerprint density at radius 2 is 1.41 bits per heavy atom. The van der Waals surface area contributed by atoms with Gasteiger partial charge >= 0.3 is 0 Å². The first-order valence-corrected chi connectivity index (χ1v) is 8.28. The predicted molar refractivity (Wildman–Crippen MR) is 86.2 cm³/mol. The van der Waals surface area contributed by atoms with Crippen LogP contribution >= 0.6 is 0 Å². The zero-order valence-corrected chi connectivity index (χ0v) is 13.3. The fourth-order valence-corrected chi connectivity index (χ4v) is 2.79. The molecule has 0 aromatic heterocycles. The zero-order chi connectivity index (χ0) is 16.2. The van der Waals surface area contributed by atoms with Crippen LogP contribution in [-0.4, -0.2) is 20.9 Å². The minimum atomic E-state index is -3.68. The van der Waals surface area contributed by atoms with E-state index in [1.807, 2.05) is 26.0 Å². The van der Waals surface area contributed by atoms with Crippen LogP contribution in [0.15, 0.2) is 53.4 Å². The largest absolute Gasteiger partial charge is 0.325 e. The maximum atomic E-state index is 12.1. The normalized spacial score (nSPS) is 11.2. The summed E-state index contributed by atoms with van der Waals surface area (Å²) in [6.45, 7) is 3.50. The molecule has 0 aliphatic rings. The standard InChI is InChI=1S/C16H18N2O3S/c1-12-3-7-14(8-4-12)18-16(19)11-17-22(20,21)15-9-5-13(2)6-10-15/h3-10,17H,11H2,1-2H3,(H,18,19). The Kier molecular flexibility index (Phi) is 4.95. The number of sulfonamides is 1. The summed E-state index contributed by atoms with van der Waals surface area (Å²) in [5, 5.41) is 2.64. The number of hydrogen-bond acceptors (Lipinski definition) is 3. The molecular formula is C16H18N2O3S. The first kappa shape index (κ1) is 16.2. The van der Waals surface area contributed by atoms with Crippen molar-refractivity contribution in [3.05, 3.63) is 59.7 Å². The van der Waals surface area contributed by atoms with E-state index in [1.54, 1.807) is 24.3 Å². The molecule has 116 valence electrons. The molecular weight excluding hydrogens is 300 g/mol. The number of aryl methyl sites for hydroxylation is 2.